The average Bonchev–Trinajstić information content (AvgIpc) is 2.74. The van der Waals surface area contributed by atoms with Crippen molar-refractivity contribution in [1.29, 1.82) is 0 Å². The fourth-order valence-electron chi connectivity index (χ4n) is 1.96. The third-order valence-electron chi connectivity index (χ3n) is 2.84. The third-order valence-corrected chi connectivity index (χ3v) is 2.84. The highest BCUT2D eigenvalue weighted by Gasteiger charge is 2.24. The molecule has 1 unspecified atom stereocenters. The summed E-state index contributed by atoms with van der Waals surface area (Å²) in [4.78, 5) is 12.0. The molecular weight excluding hydrogens is 193 g/mol. The molecule has 0 aliphatic carbocycles. The molecule has 1 heterocycles. The van der Waals surface area contributed by atoms with Gasteiger partial charge in [0, 0.05) is 5.56 Å². The van der Waals surface area contributed by atoms with E-state index in [2.05, 4.69) is 5.32 Å². The number of hydrogen-bond acceptors (Lipinski definition) is 2. The van der Waals surface area contributed by atoms with Gasteiger partial charge in [-0.2, -0.15) is 0 Å². The predicted octanol–water partition coefficient (Wildman–Crippen LogP) is 2.07. The summed E-state index contributed by atoms with van der Waals surface area (Å²) in [6.45, 7) is 2.71. The van der Waals surface area contributed by atoms with E-state index in [4.69, 9.17) is 0 Å². The highest BCUT2D eigenvalue weighted by molar-refractivity contribution is 6.01. The Morgan fingerprint density at radius 3 is 3.00 bits per heavy atom. The van der Waals surface area contributed by atoms with E-state index in [9.17, 15) is 9.18 Å². The lowest BCUT2D eigenvalue weighted by atomic mass is 9.98. The Hall–Kier alpha value is -1.22. The van der Waals surface area contributed by atoms with Crippen LogP contribution in [0.15, 0.2) is 18.2 Å². The van der Waals surface area contributed by atoms with Gasteiger partial charge in [-0.1, -0.05) is 6.07 Å². The van der Waals surface area contributed by atoms with Gasteiger partial charge in [0.15, 0.2) is 5.78 Å². The Kier molecular flexibility index (Phi) is 2.82. The molecule has 1 aliphatic heterocycles. The van der Waals surface area contributed by atoms with E-state index in [1.807, 2.05) is 6.92 Å². The Bertz CT molecular complexity index is 383. The van der Waals surface area contributed by atoms with Crippen LogP contribution in [0.5, 0.6) is 0 Å². The van der Waals surface area contributed by atoms with E-state index in [1.54, 1.807) is 6.07 Å². The smallest absolute Gasteiger partial charge is 0.180 e. The number of benzene rings is 1. The molecule has 1 aliphatic rings. The zero-order chi connectivity index (χ0) is 10.8. The molecule has 1 N–H and O–H groups in total. The van der Waals surface area contributed by atoms with Crippen molar-refractivity contribution in [3.8, 4) is 0 Å². The van der Waals surface area contributed by atoms with Gasteiger partial charge in [-0.25, -0.2) is 4.39 Å². The molecule has 2 nitrogen and oxygen atoms in total. The summed E-state index contributed by atoms with van der Waals surface area (Å²) in [5, 5.41) is 3.13. The molecule has 1 fully saturated rings. The summed E-state index contributed by atoms with van der Waals surface area (Å²) in [6.07, 6.45) is 1.87. The molecule has 3 heteroatoms. The summed E-state index contributed by atoms with van der Waals surface area (Å²) >= 11 is 0. The van der Waals surface area contributed by atoms with Crippen molar-refractivity contribution >= 4 is 5.78 Å². The molecule has 1 saturated heterocycles. The lowest BCUT2D eigenvalue weighted by Crippen LogP contribution is -2.31. The second-order valence-electron chi connectivity index (χ2n) is 3.97. The third kappa shape index (κ3) is 2.07. The highest BCUT2D eigenvalue weighted by atomic mass is 19.1. The predicted molar refractivity (Wildman–Crippen MR) is 56.5 cm³/mol. The minimum Gasteiger partial charge on any atom is -0.307 e. The molecule has 2 rings (SSSR count). The maximum absolute atomic E-state index is 13.0. The summed E-state index contributed by atoms with van der Waals surface area (Å²) in [7, 11) is 0. The number of ketones is 1. The monoisotopic (exact) mass is 207 g/mol. The second kappa shape index (κ2) is 4.11. The van der Waals surface area contributed by atoms with E-state index in [0.717, 1.165) is 24.9 Å². The normalized spacial score (nSPS) is 20.5. The zero-order valence-corrected chi connectivity index (χ0v) is 8.72. The molecular formula is C12H14FNO. The molecule has 0 spiro atoms. The molecule has 80 valence electrons. The van der Waals surface area contributed by atoms with Crippen LogP contribution >= 0.6 is 0 Å². The van der Waals surface area contributed by atoms with Crippen molar-refractivity contribution in [3.05, 3.63) is 35.1 Å². The minimum absolute atomic E-state index is 0.0181. The number of Topliss-reactive ketones (excluding diaryl/α,β-unsaturated/α-hetero) is 1. The standard InChI is InChI=1S/C12H14FNO/c1-8-4-5-9(13)7-10(8)12(15)11-3-2-6-14-11/h4-5,7,11,14H,2-3,6H2,1H3. The van der Waals surface area contributed by atoms with E-state index >= 15 is 0 Å². The topological polar surface area (TPSA) is 29.1 Å². The van der Waals surface area contributed by atoms with Gasteiger partial charge in [0.1, 0.15) is 5.82 Å². The van der Waals surface area contributed by atoms with Crippen molar-refractivity contribution in [2.75, 3.05) is 6.54 Å². The molecule has 1 aromatic carbocycles. The van der Waals surface area contributed by atoms with Gasteiger partial charge in [0.05, 0.1) is 6.04 Å². The Morgan fingerprint density at radius 2 is 2.33 bits per heavy atom. The molecule has 1 aromatic rings. The summed E-state index contributed by atoms with van der Waals surface area (Å²) in [6, 6.07) is 4.24. The van der Waals surface area contributed by atoms with Crippen LogP contribution in [0, 0.1) is 12.7 Å². The van der Waals surface area contributed by atoms with Crippen molar-refractivity contribution in [1.82, 2.24) is 5.32 Å². The van der Waals surface area contributed by atoms with Gasteiger partial charge in [-0.3, -0.25) is 4.79 Å². The highest BCUT2D eigenvalue weighted by Crippen LogP contribution is 2.16. The number of halogens is 1. The van der Waals surface area contributed by atoms with E-state index < -0.39 is 0 Å². The first kappa shape index (κ1) is 10.3. The lowest BCUT2D eigenvalue weighted by Gasteiger charge is -2.11. The molecule has 1 atom stereocenters. The molecule has 15 heavy (non-hydrogen) atoms. The van der Waals surface area contributed by atoms with Gasteiger partial charge in [-0.15, -0.1) is 0 Å². The largest absolute Gasteiger partial charge is 0.307 e. The van der Waals surface area contributed by atoms with Gasteiger partial charge in [-0.05, 0) is 44.0 Å². The maximum atomic E-state index is 13.0. The first-order valence-corrected chi connectivity index (χ1v) is 5.22. The van der Waals surface area contributed by atoms with E-state index in [0.29, 0.717) is 5.56 Å². The molecule has 0 saturated carbocycles. The van der Waals surface area contributed by atoms with Gasteiger partial charge < -0.3 is 5.32 Å². The number of carbonyl (C=O) groups excluding carboxylic acids is 1. The van der Waals surface area contributed by atoms with E-state index in [1.165, 1.54) is 12.1 Å². The van der Waals surface area contributed by atoms with Crippen molar-refractivity contribution < 1.29 is 9.18 Å². The summed E-state index contributed by atoms with van der Waals surface area (Å²) in [5.74, 6) is -0.327. The number of aryl methyl sites for hydroxylation is 1. The minimum atomic E-state index is -0.345. The van der Waals surface area contributed by atoms with Crippen LogP contribution in [0.4, 0.5) is 4.39 Å². The first-order valence-electron chi connectivity index (χ1n) is 5.22. The fraction of sp³-hybridized carbons (Fsp3) is 0.417. The van der Waals surface area contributed by atoms with Crippen LogP contribution in [0.2, 0.25) is 0 Å². The molecule has 0 bridgehead atoms. The SMILES string of the molecule is Cc1ccc(F)cc1C(=O)C1CCCN1. The van der Waals surface area contributed by atoms with Crippen LogP contribution in [0.25, 0.3) is 0 Å². The van der Waals surface area contributed by atoms with Crippen LogP contribution in [0.1, 0.15) is 28.8 Å². The van der Waals surface area contributed by atoms with Gasteiger partial charge in [0.25, 0.3) is 0 Å². The first-order chi connectivity index (χ1) is 7.18. The number of rotatable bonds is 2. The second-order valence-corrected chi connectivity index (χ2v) is 3.97. The molecule has 0 radical (unpaired) electrons. The summed E-state index contributed by atoms with van der Waals surface area (Å²) < 4.78 is 13.0. The average molecular weight is 207 g/mol. The van der Waals surface area contributed by atoms with Crippen LogP contribution < -0.4 is 5.32 Å². The van der Waals surface area contributed by atoms with Crippen molar-refractivity contribution in [3.63, 3.8) is 0 Å². The fourth-order valence-corrected chi connectivity index (χ4v) is 1.96. The Labute approximate surface area is 88.5 Å². The van der Waals surface area contributed by atoms with Gasteiger partial charge in [0.2, 0.25) is 0 Å². The van der Waals surface area contributed by atoms with Crippen LogP contribution in [0.3, 0.4) is 0 Å². The van der Waals surface area contributed by atoms with Gasteiger partial charge >= 0.3 is 0 Å². The van der Waals surface area contributed by atoms with Crippen LogP contribution in [-0.4, -0.2) is 18.4 Å². The Morgan fingerprint density at radius 1 is 1.53 bits per heavy atom. The molecule has 0 amide bonds. The quantitative estimate of drug-likeness (QED) is 0.752. The number of nitrogens with one attached hydrogen (secondary N) is 1. The van der Waals surface area contributed by atoms with Crippen LogP contribution in [-0.2, 0) is 0 Å². The number of hydrogen-bond donors (Lipinski definition) is 1. The zero-order valence-electron chi connectivity index (χ0n) is 8.72. The maximum Gasteiger partial charge on any atom is 0.180 e. The number of carbonyl (C=O) groups is 1. The summed E-state index contributed by atoms with van der Waals surface area (Å²) in [5.41, 5.74) is 1.35. The van der Waals surface area contributed by atoms with E-state index in [-0.39, 0.29) is 17.6 Å². The van der Waals surface area contributed by atoms with Crippen molar-refractivity contribution in [2.45, 2.75) is 25.8 Å². The van der Waals surface area contributed by atoms with Crippen molar-refractivity contribution in [2.24, 2.45) is 0 Å². The molecule has 0 aromatic heterocycles. The Balaban J connectivity index is 2.27. The lowest BCUT2D eigenvalue weighted by molar-refractivity contribution is 0.0951.